The van der Waals surface area contributed by atoms with Gasteiger partial charge in [0.25, 0.3) is 13.4 Å². The summed E-state index contributed by atoms with van der Waals surface area (Å²) in [4.78, 5) is 0. The van der Waals surface area contributed by atoms with Crippen molar-refractivity contribution in [2.45, 2.75) is 0 Å². The molecule has 0 saturated heterocycles. The molecule has 0 unspecified atom stereocenters. The fraction of sp³-hybridized carbons (Fsp3) is 0. The Labute approximate surface area is 483 Å². The van der Waals surface area contributed by atoms with E-state index in [0.29, 0.717) is 0 Å². The van der Waals surface area contributed by atoms with Crippen LogP contribution in [-0.2, 0) is 0 Å². The smallest absolute Gasteiger partial charge is 0.252 e. The minimum Gasteiger partial charge on any atom is -0.310 e. The van der Waals surface area contributed by atoms with Crippen LogP contribution in [0, 0.1) is 0 Å². The van der Waals surface area contributed by atoms with Gasteiger partial charge in [0.1, 0.15) is 0 Å². The van der Waals surface area contributed by atoms with Gasteiger partial charge in [0.05, 0.1) is 44.1 Å². The van der Waals surface area contributed by atoms with E-state index in [1.54, 1.807) is 0 Å². The molecule has 13 aromatic carbocycles. The van der Waals surface area contributed by atoms with E-state index in [4.69, 9.17) is 0 Å². The highest BCUT2D eigenvalue weighted by Gasteiger charge is 2.46. The average Bonchev–Trinajstić information content (AvgIpc) is 1.46. The number of hydrogen-bond donors (Lipinski definition) is 0. The molecule has 6 heteroatoms. The molecule has 8 heterocycles. The minimum absolute atomic E-state index is 0.0442. The molecule has 17 aromatic rings. The monoisotopic (exact) mass is 1060 g/mol. The fourth-order valence-electron chi connectivity index (χ4n) is 16.5. The summed E-state index contributed by atoms with van der Waals surface area (Å²) in [6.07, 6.45) is 0. The van der Waals surface area contributed by atoms with Crippen LogP contribution < -0.4 is 32.8 Å². The van der Waals surface area contributed by atoms with Gasteiger partial charge in [-0.1, -0.05) is 188 Å². The van der Waals surface area contributed by atoms with Crippen molar-refractivity contribution in [2.24, 2.45) is 0 Å². The Bertz CT molecular complexity index is 5490. The van der Waals surface area contributed by atoms with E-state index in [-0.39, 0.29) is 13.4 Å². The van der Waals surface area contributed by atoms with Gasteiger partial charge < -0.3 is 18.3 Å². The van der Waals surface area contributed by atoms with Crippen LogP contribution in [0.2, 0.25) is 0 Å². The first-order valence-electron chi connectivity index (χ1n) is 29.5. The standard InChI is InChI=1S/C78H44B2N4/c1-5-17-45(18-6-1)49-29-33-65-53(37-49)57-41-59-55-39-51(47-21-9-3-10-22-47)31-35-67(55)83-71-44-72-64(43-63(71)79-61-25-13-15-27-69(61)81(65)75(57)73(79)77(59)83)80-62-26-14-16-28-70(62)82-66-34-30-50(46-19-7-2-8-20-46)38-54(66)58-42-60-56-40-52(48-23-11-4-12-24-48)32-36-68(56)84(72)78(60)74(80)76(58)82/h1-44H. The fourth-order valence-corrected chi connectivity index (χ4v) is 16.5. The maximum absolute atomic E-state index is 2.70. The van der Waals surface area contributed by atoms with Gasteiger partial charge in [-0.05, 0) is 156 Å². The molecule has 4 aliphatic heterocycles. The van der Waals surface area contributed by atoms with E-state index in [1.165, 1.54) is 187 Å². The van der Waals surface area contributed by atoms with E-state index in [1.807, 2.05) is 0 Å². The summed E-state index contributed by atoms with van der Waals surface area (Å²) in [7, 11) is 0. The van der Waals surface area contributed by atoms with Gasteiger partial charge in [0.2, 0.25) is 0 Å². The minimum atomic E-state index is -0.0442. The zero-order valence-corrected chi connectivity index (χ0v) is 45.3. The lowest BCUT2D eigenvalue weighted by atomic mass is 9.31. The Kier molecular flexibility index (Phi) is 8.15. The summed E-state index contributed by atoms with van der Waals surface area (Å²) in [5.74, 6) is 0. The Morgan fingerprint density at radius 1 is 0.190 bits per heavy atom. The highest BCUT2D eigenvalue weighted by atomic mass is 15.1. The molecule has 0 amide bonds. The lowest BCUT2D eigenvalue weighted by molar-refractivity contribution is 1.14. The molecule has 0 aliphatic carbocycles. The molecule has 4 aromatic heterocycles. The molecular formula is C78H44B2N4. The molecule has 0 N–H and O–H groups in total. The second-order valence-electron chi connectivity index (χ2n) is 23.9. The molecule has 0 saturated carbocycles. The topological polar surface area (TPSA) is 19.7 Å². The first kappa shape index (κ1) is 43.9. The van der Waals surface area contributed by atoms with Crippen LogP contribution in [0.3, 0.4) is 0 Å². The molecule has 21 rings (SSSR count). The summed E-state index contributed by atoms with van der Waals surface area (Å²) < 4.78 is 10.6. The van der Waals surface area contributed by atoms with Crippen molar-refractivity contribution < 1.29 is 0 Å². The molecule has 84 heavy (non-hydrogen) atoms. The summed E-state index contributed by atoms with van der Waals surface area (Å²) in [6, 6.07) is 101. The van der Waals surface area contributed by atoms with Crippen LogP contribution in [0.4, 0.5) is 0 Å². The number of rotatable bonds is 4. The average molecular weight is 1060 g/mol. The van der Waals surface area contributed by atoms with Gasteiger partial charge in [-0.3, -0.25) is 0 Å². The van der Waals surface area contributed by atoms with Crippen molar-refractivity contribution in [1.29, 1.82) is 0 Å². The zero-order valence-electron chi connectivity index (χ0n) is 45.3. The molecule has 4 aliphatic rings. The van der Waals surface area contributed by atoms with E-state index in [9.17, 15) is 0 Å². The molecule has 0 bridgehead atoms. The van der Waals surface area contributed by atoms with Gasteiger partial charge in [0.15, 0.2) is 0 Å². The van der Waals surface area contributed by atoms with Gasteiger partial charge in [-0.25, -0.2) is 0 Å². The van der Waals surface area contributed by atoms with Crippen LogP contribution in [-0.4, -0.2) is 31.7 Å². The third kappa shape index (κ3) is 5.39. The van der Waals surface area contributed by atoms with Crippen LogP contribution in [0.15, 0.2) is 267 Å². The zero-order chi connectivity index (χ0) is 54.2. The summed E-state index contributed by atoms with van der Waals surface area (Å²) >= 11 is 0. The SMILES string of the molecule is c1ccc(-c2ccc3c(c2)c2cc4c5cc(-c6ccccc6)ccc5n5c4c4c2n3-c2ccccc2B4c2cc3c(cc2-5)-n2c4ccc(-c5ccccc5)cc4c4cc5c6cc(-c7ccccc7)ccc6n6c5c(c42)B3c2ccccc2-6)cc1. The summed E-state index contributed by atoms with van der Waals surface area (Å²) in [6.45, 7) is -0.0884. The normalized spacial score (nSPS) is 13.2. The lowest BCUT2D eigenvalue weighted by Crippen LogP contribution is -2.63. The second-order valence-corrected chi connectivity index (χ2v) is 23.9. The highest BCUT2D eigenvalue weighted by Crippen LogP contribution is 2.47. The molecular weight excluding hydrogens is 1010 g/mol. The predicted molar refractivity (Wildman–Crippen MR) is 355 cm³/mol. The Morgan fingerprint density at radius 2 is 0.476 bits per heavy atom. The molecule has 0 spiro atoms. The van der Waals surface area contributed by atoms with Gasteiger partial charge in [-0.2, -0.15) is 0 Å². The van der Waals surface area contributed by atoms with Gasteiger partial charge in [-0.15, -0.1) is 0 Å². The number of aromatic nitrogens is 4. The van der Waals surface area contributed by atoms with E-state index in [0.717, 1.165) is 0 Å². The van der Waals surface area contributed by atoms with Crippen molar-refractivity contribution in [3.8, 4) is 67.3 Å². The third-order valence-electron chi connectivity index (χ3n) is 19.9. The van der Waals surface area contributed by atoms with E-state index < -0.39 is 0 Å². The van der Waals surface area contributed by atoms with Gasteiger partial charge >= 0.3 is 0 Å². The quantitative estimate of drug-likeness (QED) is 0.157. The summed E-state index contributed by atoms with van der Waals surface area (Å²) in [5.41, 5.74) is 33.1. The van der Waals surface area contributed by atoms with Crippen LogP contribution in [0.25, 0.3) is 154 Å². The number of hydrogen-bond acceptors (Lipinski definition) is 0. The first-order chi connectivity index (χ1) is 41.7. The van der Waals surface area contributed by atoms with Crippen molar-refractivity contribution in [3.05, 3.63) is 267 Å². The number of nitrogens with zero attached hydrogens (tertiary/aromatic N) is 4. The van der Waals surface area contributed by atoms with Crippen LogP contribution in [0.1, 0.15) is 0 Å². The maximum Gasteiger partial charge on any atom is 0.252 e. The van der Waals surface area contributed by atoms with Gasteiger partial charge in [0, 0.05) is 65.8 Å². The van der Waals surface area contributed by atoms with E-state index in [2.05, 4.69) is 285 Å². The lowest BCUT2D eigenvalue weighted by Gasteiger charge is -2.37. The Balaban J connectivity index is 0.929. The molecule has 0 radical (unpaired) electrons. The van der Waals surface area contributed by atoms with Crippen molar-refractivity contribution >= 4 is 133 Å². The number of fused-ring (bicyclic) bond motifs is 24. The maximum atomic E-state index is 2.70. The number of para-hydroxylation sites is 2. The third-order valence-corrected chi connectivity index (χ3v) is 19.9. The first-order valence-corrected chi connectivity index (χ1v) is 29.5. The predicted octanol–water partition coefficient (Wildman–Crippen LogP) is 15.0. The van der Waals surface area contributed by atoms with Crippen molar-refractivity contribution in [1.82, 2.24) is 18.3 Å². The van der Waals surface area contributed by atoms with E-state index >= 15 is 0 Å². The van der Waals surface area contributed by atoms with Crippen LogP contribution in [0.5, 0.6) is 0 Å². The highest BCUT2D eigenvalue weighted by molar-refractivity contribution is 7.03. The van der Waals surface area contributed by atoms with Crippen molar-refractivity contribution in [2.75, 3.05) is 0 Å². The summed E-state index contributed by atoms with van der Waals surface area (Å²) in [5, 5.41) is 10.3. The number of benzene rings is 13. The molecule has 4 nitrogen and oxygen atoms in total. The Hall–Kier alpha value is -10.8. The molecule has 0 atom stereocenters. The largest absolute Gasteiger partial charge is 0.310 e. The molecule has 0 fully saturated rings. The second kappa shape index (κ2) is 15.6. The van der Waals surface area contributed by atoms with Crippen molar-refractivity contribution in [3.63, 3.8) is 0 Å². The van der Waals surface area contributed by atoms with Crippen LogP contribution >= 0.6 is 0 Å². The molecule has 382 valence electrons. The Morgan fingerprint density at radius 3 is 0.798 bits per heavy atom.